The lowest BCUT2D eigenvalue weighted by Gasteiger charge is -2.11. The second kappa shape index (κ2) is 3.62. The molecule has 1 unspecified atom stereocenters. The zero-order valence-corrected chi connectivity index (χ0v) is 8.55. The van der Waals surface area contributed by atoms with Crippen molar-refractivity contribution in [3.63, 3.8) is 0 Å². The Bertz CT molecular complexity index is 383. The van der Waals surface area contributed by atoms with Crippen molar-refractivity contribution in [2.45, 2.75) is 31.7 Å². The molecule has 1 amide bonds. The third-order valence-corrected chi connectivity index (χ3v) is 2.61. The number of aliphatic hydroxyl groups excluding tert-OH is 1. The minimum absolute atomic E-state index is 0.0265. The van der Waals surface area contributed by atoms with Gasteiger partial charge in [-0.3, -0.25) is 4.79 Å². The molecule has 1 aromatic rings. The van der Waals surface area contributed by atoms with Crippen molar-refractivity contribution in [1.82, 2.24) is 15.0 Å². The molecule has 6 heteroatoms. The maximum Gasteiger partial charge on any atom is 0.271 e. The molecular formula is C9H14N4O2. The zero-order chi connectivity index (χ0) is 11.0. The Morgan fingerprint density at radius 3 is 2.87 bits per heavy atom. The van der Waals surface area contributed by atoms with Crippen molar-refractivity contribution in [2.24, 2.45) is 5.73 Å². The highest BCUT2D eigenvalue weighted by atomic mass is 16.3. The van der Waals surface area contributed by atoms with E-state index in [0.717, 1.165) is 18.5 Å². The van der Waals surface area contributed by atoms with E-state index in [0.29, 0.717) is 5.92 Å². The van der Waals surface area contributed by atoms with E-state index in [4.69, 9.17) is 10.8 Å². The van der Waals surface area contributed by atoms with Crippen LogP contribution in [0.25, 0.3) is 0 Å². The number of carbonyl (C=O) groups is 1. The first-order valence-electron chi connectivity index (χ1n) is 5.01. The van der Waals surface area contributed by atoms with Gasteiger partial charge in [-0.1, -0.05) is 5.21 Å². The molecule has 6 nitrogen and oxygen atoms in total. The van der Waals surface area contributed by atoms with E-state index in [9.17, 15) is 4.79 Å². The van der Waals surface area contributed by atoms with Crippen molar-refractivity contribution in [1.29, 1.82) is 0 Å². The molecular weight excluding hydrogens is 196 g/mol. The smallest absolute Gasteiger partial charge is 0.271 e. The molecule has 82 valence electrons. The molecule has 1 atom stereocenters. The van der Waals surface area contributed by atoms with Gasteiger partial charge in [-0.2, -0.15) is 0 Å². The van der Waals surface area contributed by atoms with Crippen LogP contribution in [0.3, 0.4) is 0 Å². The highest BCUT2D eigenvalue weighted by molar-refractivity contribution is 5.92. The Morgan fingerprint density at radius 2 is 2.40 bits per heavy atom. The highest BCUT2D eigenvalue weighted by Gasteiger charge is 2.34. The lowest BCUT2D eigenvalue weighted by atomic mass is 10.2. The molecule has 1 aromatic heterocycles. The van der Waals surface area contributed by atoms with Crippen LogP contribution in [-0.4, -0.2) is 32.6 Å². The van der Waals surface area contributed by atoms with Gasteiger partial charge in [-0.05, 0) is 19.8 Å². The number of hydrogen-bond acceptors (Lipinski definition) is 4. The summed E-state index contributed by atoms with van der Waals surface area (Å²) in [6, 6.07) is -0.166. The average Bonchev–Trinajstić information content (AvgIpc) is 2.95. The summed E-state index contributed by atoms with van der Waals surface area (Å²) >= 11 is 0. The molecule has 3 N–H and O–H groups in total. The Hall–Kier alpha value is -1.43. The summed E-state index contributed by atoms with van der Waals surface area (Å²) in [5.41, 5.74) is 6.25. The minimum Gasteiger partial charge on any atom is -0.394 e. The van der Waals surface area contributed by atoms with Crippen LogP contribution < -0.4 is 5.73 Å². The van der Waals surface area contributed by atoms with Crippen LogP contribution in [0.4, 0.5) is 0 Å². The average molecular weight is 210 g/mol. The summed E-state index contributed by atoms with van der Waals surface area (Å²) in [6.45, 7) is 1.80. The van der Waals surface area contributed by atoms with Crippen LogP contribution >= 0.6 is 0 Å². The van der Waals surface area contributed by atoms with E-state index >= 15 is 0 Å². The normalized spacial score (nSPS) is 17.7. The van der Waals surface area contributed by atoms with E-state index in [-0.39, 0.29) is 18.3 Å². The maximum atomic E-state index is 11.1. The first-order valence-corrected chi connectivity index (χ1v) is 5.01. The lowest BCUT2D eigenvalue weighted by molar-refractivity contribution is 0.0994. The third-order valence-electron chi connectivity index (χ3n) is 2.61. The number of nitrogens with zero attached hydrogens (tertiary/aromatic N) is 3. The molecule has 1 fully saturated rings. The van der Waals surface area contributed by atoms with Gasteiger partial charge < -0.3 is 10.8 Å². The van der Waals surface area contributed by atoms with Crippen molar-refractivity contribution < 1.29 is 9.90 Å². The van der Waals surface area contributed by atoms with E-state index in [1.54, 1.807) is 4.68 Å². The summed E-state index contributed by atoms with van der Waals surface area (Å²) in [5.74, 6) is -0.218. The highest BCUT2D eigenvalue weighted by Crippen LogP contribution is 2.41. The van der Waals surface area contributed by atoms with Crippen LogP contribution in [0.2, 0.25) is 0 Å². The number of aliphatic hydroxyl groups is 1. The summed E-state index contributed by atoms with van der Waals surface area (Å²) in [4.78, 5) is 11.1. The second-order valence-corrected chi connectivity index (χ2v) is 3.94. The molecule has 0 bridgehead atoms. The second-order valence-electron chi connectivity index (χ2n) is 3.94. The van der Waals surface area contributed by atoms with Gasteiger partial charge in [-0.15, -0.1) is 5.10 Å². The van der Waals surface area contributed by atoms with E-state index in [2.05, 4.69) is 10.3 Å². The maximum absolute atomic E-state index is 11.1. The van der Waals surface area contributed by atoms with E-state index in [1.807, 2.05) is 6.92 Å². The predicted octanol–water partition coefficient (Wildman–Crippen LogP) is -0.192. The van der Waals surface area contributed by atoms with Crippen molar-refractivity contribution in [2.75, 3.05) is 6.61 Å². The third kappa shape index (κ3) is 1.72. The molecule has 0 spiro atoms. The Kier molecular flexibility index (Phi) is 2.44. The Balaban J connectivity index is 2.42. The molecule has 1 aliphatic carbocycles. The molecule has 15 heavy (non-hydrogen) atoms. The van der Waals surface area contributed by atoms with Crippen molar-refractivity contribution in [3.05, 3.63) is 11.4 Å². The fraction of sp³-hybridized carbons (Fsp3) is 0.667. The molecule has 0 radical (unpaired) electrons. The predicted molar refractivity (Wildman–Crippen MR) is 52.3 cm³/mol. The van der Waals surface area contributed by atoms with Crippen LogP contribution in [0, 0.1) is 0 Å². The number of hydrogen-bond donors (Lipinski definition) is 2. The van der Waals surface area contributed by atoms with E-state index in [1.165, 1.54) is 0 Å². The van der Waals surface area contributed by atoms with Gasteiger partial charge in [0.25, 0.3) is 5.91 Å². The zero-order valence-electron chi connectivity index (χ0n) is 8.55. The monoisotopic (exact) mass is 210 g/mol. The number of carbonyl (C=O) groups excluding carboxylic acids is 1. The lowest BCUT2D eigenvalue weighted by Crippen LogP contribution is -2.17. The number of nitrogens with two attached hydrogens (primary N) is 1. The summed E-state index contributed by atoms with van der Waals surface area (Å²) < 4.78 is 1.61. The van der Waals surface area contributed by atoms with Crippen molar-refractivity contribution in [3.8, 4) is 0 Å². The first-order chi connectivity index (χ1) is 7.15. The number of primary amides is 1. The number of amides is 1. The first kappa shape index (κ1) is 10.1. The van der Waals surface area contributed by atoms with Gasteiger partial charge >= 0.3 is 0 Å². The molecule has 0 aromatic carbocycles. The topological polar surface area (TPSA) is 94.0 Å². The van der Waals surface area contributed by atoms with Gasteiger partial charge in [0.2, 0.25) is 0 Å². The Morgan fingerprint density at radius 1 is 1.73 bits per heavy atom. The summed E-state index contributed by atoms with van der Waals surface area (Å²) in [5, 5.41) is 16.7. The SMILES string of the molecule is CC(CO)n1nnc(C(N)=O)c1C1CC1. The molecule has 1 heterocycles. The Labute approximate surface area is 87.1 Å². The molecule has 2 rings (SSSR count). The summed E-state index contributed by atoms with van der Waals surface area (Å²) in [6.07, 6.45) is 2.07. The molecule has 1 saturated carbocycles. The van der Waals surface area contributed by atoms with Gasteiger partial charge in [0.1, 0.15) is 0 Å². The van der Waals surface area contributed by atoms with Crippen LogP contribution in [-0.2, 0) is 0 Å². The van der Waals surface area contributed by atoms with E-state index < -0.39 is 5.91 Å². The number of aromatic nitrogens is 3. The number of rotatable bonds is 4. The molecule has 1 aliphatic rings. The molecule has 0 saturated heterocycles. The van der Waals surface area contributed by atoms with Gasteiger partial charge in [-0.25, -0.2) is 4.68 Å². The van der Waals surface area contributed by atoms with Gasteiger partial charge in [0, 0.05) is 5.92 Å². The van der Waals surface area contributed by atoms with Crippen LogP contribution in [0.5, 0.6) is 0 Å². The van der Waals surface area contributed by atoms with Crippen LogP contribution in [0.1, 0.15) is 47.9 Å². The quantitative estimate of drug-likeness (QED) is 0.720. The van der Waals surface area contributed by atoms with Crippen LogP contribution in [0.15, 0.2) is 0 Å². The minimum atomic E-state index is -0.548. The van der Waals surface area contributed by atoms with Crippen molar-refractivity contribution >= 4 is 5.91 Å². The summed E-state index contributed by atoms with van der Waals surface area (Å²) in [7, 11) is 0. The fourth-order valence-corrected chi connectivity index (χ4v) is 1.62. The standard InChI is InChI=1S/C9H14N4O2/c1-5(4-14)13-8(6-2-3-6)7(9(10)15)11-12-13/h5-6,14H,2-4H2,1H3,(H2,10,15). The van der Waals surface area contributed by atoms with Gasteiger partial charge in [0.15, 0.2) is 5.69 Å². The van der Waals surface area contributed by atoms with Gasteiger partial charge in [0.05, 0.1) is 18.3 Å². The largest absolute Gasteiger partial charge is 0.394 e. The fourth-order valence-electron chi connectivity index (χ4n) is 1.62. The molecule has 0 aliphatic heterocycles.